The van der Waals surface area contributed by atoms with Crippen LogP contribution in [-0.4, -0.2) is 16.7 Å². The molecule has 1 heterocycles. The molecule has 0 saturated carbocycles. The SMILES string of the molecule is CC(C)(C#N)CCOc1ccc(CO)nc1. The van der Waals surface area contributed by atoms with Crippen molar-refractivity contribution in [2.75, 3.05) is 6.61 Å². The normalized spacial score (nSPS) is 10.9. The van der Waals surface area contributed by atoms with Crippen LogP contribution in [0.1, 0.15) is 26.0 Å². The first-order valence-electron chi connectivity index (χ1n) is 5.17. The molecule has 0 bridgehead atoms. The van der Waals surface area contributed by atoms with Crippen molar-refractivity contribution in [2.45, 2.75) is 26.9 Å². The maximum absolute atomic E-state index is 8.81. The van der Waals surface area contributed by atoms with Crippen molar-refractivity contribution in [3.05, 3.63) is 24.0 Å². The lowest BCUT2D eigenvalue weighted by Crippen LogP contribution is -2.13. The fraction of sp³-hybridized carbons (Fsp3) is 0.500. The van der Waals surface area contributed by atoms with E-state index in [1.807, 2.05) is 13.8 Å². The minimum absolute atomic E-state index is 0.0677. The Kier molecular flexibility index (Phi) is 4.27. The van der Waals surface area contributed by atoms with Crippen LogP contribution in [0, 0.1) is 16.7 Å². The number of rotatable bonds is 5. The fourth-order valence-corrected chi connectivity index (χ4v) is 1.07. The summed E-state index contributed by atoms with van der Waals surface area (Å²) in [6.07, 6.45) is 2.25. The summed E-state index contributed by atoms with van der Waals surface area (Å²) in [4.78, 5) is 3.99. The zero-order valence-electron chi connectivity index (χ0n) is 9.60. The molecule has 0 aliphatic carbocycles. The number of aromatic nitrogens is 1. The molecular formula is C12H16N2O2. The van der Waals surface area contributed by atoms with E-state index in [1.54, 1.807) is 18.3 Å². The van der Waals surface area contributed by atoms with Gasteiger partial charge in [0.05, 0.1) is 36.6 Å². The number of ether oxygens (including phenoxy) is 1. The summed E-state index contributed by atoms with van der Waals surface area (Å²) in [6.45, 7) is 4.18. The maximum atomic E-state index is 8.81. The molecule has 0 spiro atoms. The van der Waals surface area contributed by atoms with Gasteiger partial charge in [0, 0.05) is 0 Å². The molecule has 0 aromatic carbocycles. The maximum Gasteiger partial charge on any atom is 0.137 e. The van der Waals surface area contributed by atoms with Crippen LogP contribution < -0.4 is 4.74 Å². The van der Waals surface area contributed by atoms with Gasteiger partial charge in [0.1, 0.15) is 5.75 Å². The second kappa shape index (κ2) is 5.47. The smallest absolute Gasteiger partial charge is 0.137 e. The molecule has 0 unspecified atom stereocenters. The second-order valence-corrected chi connectivity index (χ2v) is 4.24. The van der Waals surface area contributed by atoms with Crippen LogP contribution in [0.4, 0.5) is 0 Å². The Morgan fingerprint density at radius 1 is 1.50 bits per heavy atom. The number of aliphatic hydroxyl groups is 1. The molecule has 0 aliphatic heterocycles. The number of nitriles is 1. The van der Waals surface area contributed by atoms with Crippen molar-refractivity contribution in [1.29, 1.82) is 5.26 Å². The summed E-state index contributed by atoms with van der Waals surface area (Å²) in [6, 6.07) is 5.69. The number of hydrogen-bond donors (Lipinski definition) is 1. The molecule has 0 saturated heterocycles. The summed E-state index contributed by atoms with van der Waals surface area (Å²) >= 11 is 0. The van der Waals surface area contributed by atoms with E-state index in [0.29, 0.717) is 24.5 Å². The molecule has 1 aromatic rings. The van der Waals surface area contributed by atoms with Crippen molar-refractivity contribution in [1.82, 2.24) is 4.98 Å². The molecule has 0 fully saturated rings. The Labute approximate surface area is 95.5 Å². The van der Waals surface area contributed by atoms with E-state index < -0.39 is 0 Å². The largest absolute Gasteiger partial charge is 0.492 e. The third kappa shape index (κ3) is 3.87. The van der Waals surface area contributed by atoms with Gasteiger partial charge in [0.15, 0.2) is 0 Å². The lowest BCUT2D eigenvalue weighted by atomic mass is 9.92. The standard InChI is InChI=1S/C12H16N2O2/c1-12(2,9-13)5-6-16-11-4-3-10(8-15)14-7-11/h3-4,7,15H,5-6,8H2,1-2H3. The molecule has 0 atom stereocenters. The third-order valence-corrected chi connectivity index (χ3v) is 2.26. The van der Waals surface area contributed by atoms with Gasteiger partial charge in [-0.3, -0.25) is 4.98 Å². The molecule has 16 heavy (non-hydrogen) atoms. The van der Waals surface area contributed by atoms with Gasteiger partial charge in [-0.25, -0.2) is 0 Å². The molecule has 1 N–H and O–H groups in total. The number of aliphatic hydroxyl groups excluding tert-OH is 1. The Bertz CT molecular complexity index is 366. The predicted octanol–water partition coefficient (Wildman–Crippen LogP) is 1.89. The average molecular weight is 220 g/mol. The van der Waals surface area contributed by atoms with Crippen LogP contribution in [0.15, 0.2) is 18.3 Å². The van der Waals surface area contributed by atoms with E-state index in [1.165, 1.54) is 0 Å². The van der Waals surface area contributed by atoms with Crippen molar-refractivity contribution < 1.29 is 9.84 Å². The molecule has 4 heteroatoms. The lowest BCUT2D eigenvalue weighted by molar-refractivity contribution is 0.261. The van der Waals surface area contributed by atoms with Crippen molar-refractivity contribution in [2.24, 2.45) is 5.41 Å². The highest BCUT2D eigenvalue weighted by Gasteiger charge is 2.16. The molecule has 1 rings (SSSR count). The minimum Gasteiger partial charge on any atom is -0.492 e. The topological polar surface area (TPSA) is 66.1 Å². The highest BCUT2D eigenvalue weighted by molar-refractivity contribution is 5.19. The van der Waals surface area contributed by atoms with Gasteiger partial charge in [-0.15, -0.1) is 0 Å². The fourth-order valence-electron chi connectivity index (χ4n) is 1.07. The third-order valence-electron chi connectivity index (χ3n) is 2.26. The number of hydrogen-bond acceptors (Lipinski definition) is 4. The van der Waals surface area contributed by atoms with Gasteiger partial charge in [-0.2, -0.15) is 5.26 Å². The zero-order chi connectivity index (χ0) is 12.0. The lowest BCUT2D eigenvalue weighted by Gasteiger charge is -2.15. The van der Waals surface area contributed by atoms with Crippen LogP contribution in [0.3, 0.4) is 0 Å². The van der Waals surface area contributed by atoms with E-state index >= 15 is 0 Å². The summed E-state index contributed by atoms with van der Waals surface area (Å²) in [7, 11) is 0. The van der Waals surface area contributed by atoms with Gasteiger partial charge in [-0.1, -0.05) is 0 Å². The number of nitrogens with zero attached hydrogens (tertiary/aromatic N) is 2. The summed E-state index contributed by atoms with van der Waals surface area (Å²) in [5.74, 6) is 0.658. The highest BCUT2D eigenvalue weighted by Crippen LogP contribution is 2.19. The van der Waals surface area contributed by atoms with Crippen LogP contribution in [0.5, 0.6) is 5.75 Å². The Hall–Kier alpha value is -1.60. The van der Waals surface area contributed by atoms with Crippen LogP contribution >= 0.6 is 0 Å². The first-order chi connectivity index (χ1) is 7.57. The second-order valence-electron chi connectivity index (χ2n) is 4.24. The predicted molar refractivity (Wildman–Crippen MR) is 59.7 cm³/mol. The number of pyridine rings is 1. The summed E-state index contributed by atoms with van der Waals surface area (Å²) in [5, 5.41) is 17.6. The molecule has 1 aromatic heterocycles. The van der Waals surface area contributed by atoms with Crippen LogP contribution in [0.25, 0.3) is 0 Å². The zero-order valence-corrected chi connectivity index (χ0v) is 9.60. The van der Waals surface area contributed by atoms with Crippen molar-refractivity contribution >= 4 is 0 Å². The summed E-state index contributed by atoms with van der Waals surface area (Å²) in [5.41, 5.74) is 0.253. The van der Waals surface area contributed by atoms with Crippen molar-refractivity contribution in [3.8, 4) is 11.8 Å². The van der Waals surface area contributed by atoms with Gasteiger partial charge in [0.25, 0.3) is 0 Å². The molecule has 0 aliphatic rings. The average Bonchev–Trinajstić information content (AvgIpc) is 2.30. The van der Waals surface area contributed by atoms with Crippen LogP contribution in [0.2, 0.25) is 0 Å². The van der Waals surface area contributed by atoms with E-state index in [0.717, 1.165) is 0 Å². The molecule has 0 amide bonds. The Morgan fingerprint density at radius 3 is 2.75 bits per heavy atom. The summed E-state index contributed by atoms with van der Waals surface area (Å²) < 4.78 is 5.45. The van der Waals surface area contributed by atoms with E-state index in [9.17, 15) is 0 Å². The Balaban J connectivity index is 2.41. The quantitative estimate of drug-likeness (QED) is 0.822. The van der Waals surface area contributed by atoms with E-state index in [4.69, 9.17) is 15.1 Å². The van der Waals surface area contributed by atoms with E-state index in [2.05, 4.69) is 11.1 Å². The Morgan fingerprint density at radius 2 is 2.25 bits per heavy atom. The van der Waals surface area contributed by atoms with Gasteiger partial charge in [-0.05, 0) is 32.4 Å². The molecule has 0 radical (unpaired) electrons. The first-order valence-corrected chi connectivity index (χ1v) is 5.17. The first kappa shape index (κ1) is 12.5. The van der Waals surface area contributed by atoms with Gasteiger partial charge >= 0.3 is 0 Å². The van der Waals surface area contributed by atoms with E-state index in [-0.39, 0.29) is 12.0 Å². The van der Waals surface area contributed by atoms with Gasteiger partial charge in [0.2, 0.25) is 0 Å². The molecule has 4 nitrogen and oxygen atoms in total. The minimum atomic E-state index is -0.363. The van der Waals surface area contributed by atoms with Crippen LogP contribution in [-0.2, 0) is 6.61 Å². The van der Waals surface area contributed by atoms with Crippen molar-refractivity contribution in [3.63, 3.8) is 0 Å². The monoisotopic (exact) mass is 220 g/mol. The molecule has 86 valence electrons. The van der Waals surface area contributed by atoms with Gasteiger partial charge < -0.3 is 9.84 Å². The molecular weight excluding hydrogens is 204 g/mol. The highest BCUT2D eigenvalue weighted by atomic mass is 16.5.